The number of fused-ring (bicyclic) bond motifs is 2. The highest BCUT2D eigenvalue weighted by atomic mass is 16.5. The zero-order chi connectivity index (χ0) is 28.6. The van der Waals surface area contributed by atoms with Crippen molar-refractivity contribution in [3.8, 4) is 5.75 Å². The first-order valence-corrected chi connectivity index (χ1v) is 14.8. The largest absolute Gasteiger partial charge is 0.492 e. The van der Waals surface area contributed by atoms with Gasteiger partial charge in [-0.2, -0.15) is 5.10 Å². The highest BCUT2D eigenvalue weighted by Gasteiger charge is 2.37. The van der Waals surface area contributed by atoms with E-state index in [1.54, 1.807) is 10.6 Å². The first-order chi connectivity index (χ1) is 20.5. The molecule has 5 aromatic rings. The maximum absolute atomic E-state index is 13.6. The Bertz CT molecular complexity index is 1730. The van der Waals surface area contributed by atoms with Gasteiger partial charge in [0.15, 0.2) is 0 Å². The average molecular weight is 565 g/mol. The lowest BCUT2D eigenvalue weighted by Gasteiger charge is -2.32. The van der Waals surface area contributed by atoms with Crippen LogP contribution in [0, 0.1) is 12.8 Å². The third-order valence-corrected chi connectivity index (χ3v) is 8.48. The summed E-state index contributed by atoms with van der Waals surface area (Å²) >= 11 is 0. The molecule has 1 atom stereocenters. The summed E-state index contributed by atoms with van der Waals surface area (Å²) in [5.41, 5.74) is 5.68. The molecule has 1 unspecified atom stereocenters. The van der Waals surface area contributed by atoms with Gasteiger partial charge in [0.05, 0.1) is 23.1 Å². The Kier molecular flexibility index (Phi) is 7.09. The Balaban J connectivity index is 1.10. The molecule has 1 aliphatic heterocycles. The summed E-state index contributed by atoms with van der Waals surface area (Å²) in [7, 11) is 2.16. The summed E-state index contributed by atoms with van der Waals surface area (Å²) in [6.45, 7) is 7.84. The van der Waals surface area contributed by atoms with Crippen LogP contribution in [0.4, 0.5) is 5.69 Å². The summed E-state index contributed by atoms with van der Waals surface area (Å²) < 4.78 is 7.82. The van der Waals surface area contributed by atoms with Gasteiger partial charge in [-0.15, -0.1) is 0 Å². The Hall–Kier alpha value is -4.28. The van der Waals surface area contributed by atoms with Gasteiger partial charge in [-0.25, -0.2) is 4.98 Å². The number of nitrogens with one attached hydrogen (secondary N) is 2. The quantitative estimate of drug-likeness (QED) is 0.275. The minimum Gasteiger partial charge on any atom is -0.492 e. The number of aryl methyl sites for hydroxylation is 1. The molecule has 2 aliphatic rings. The molecule has 0 bridgehead atoms. The number of anilines is 1. The van der Waals surface area contributed by atoms with Crippen LogP contribution >= 0.6 is 0 Å². The van der Waals surface area contributed by atoms with E-state index in [0.717, 1.165) is 85.0 Å². The first kappa shape index (κ1) is 26.6. The van der Waals surface area contributed by atoms with Crippen LogP contribution < -0.4 is 10.1 Å². The molecule has 0 spiro atoms. The molecule has 7 rings (SSSR count). The number of pyridine rings is 2. The molecule has 1 amide bonds. The van der Waals surface area contributed by atoms with Crippen molar-refractivity contribution in [2.24, 2.45) is 5.92 Å². The first-order valence-electron chi connectivity index (χ1n) is 14.8. The Labute approximate surface area is 244 Å². The van der Waals surface area contributed by atoms with Crippen molar-refractivity contribution >= 4 is 28.1 Å². The number of likely N-dealkylation sites (N-methyl/N-ethyl adjacent to an activating group) is 1. The van der Waals surface area contributed by atoms with Crippen molar-refractivity contribution in [3.63, 3.8) is 0 Å². The van der Waals surface area contributed by atoms with E-state index in [-0.39, 0.29) is 11.8 Å². The Morgan fingerprint density at radius 1 is 1.12 bits per heavy atom. The number of amides is 1. The molecular formula is C32H36N8O2. The second-order valence-electron chi connectivity index (χ2n) is 11.5. The number of aromatic nitrogens is 5. The second kappa shape index (κ2) is 11.2. The van der Waals surface area contributed by atoms with E-state index in [4.69, 9.17) is 9.72 Å². The molecule has 42 heavy (non-hydrogen) atoms. The van der Waals surface area contributed by atoms with Crippen molar-refractivity contribution in [3.05, 3.63) is 83.7 Å². The van der Waals surface area contributed by atoms with Crippen molar-refractivity contribution in [1.82, 2.24) is 34.4 Å². The fraction of sp³-hybridized carbons (Fsp3) is 0.375. The summed E-state index contributed by atoms with van der Waals surface area (Å²) in [6.07, 6.45) is 5.76. The Morgan fingerprint density at radius 2 is 1.95 bits per heavy atom. The average Bonchev–Trinajstić information content (AvgIpc) is 3.58. The van der Waals surface area contributed by atoms with Crippen molar-refractivity contribution in [2.45, 2.75) is 25.7 Å². The lowest BCUT2D eigenvalue weighted by Crippen LogP contribution is -2.45. The topological polar surface area (TPSA) is 104 Å². The van der Waals surface area contributed by atoms with Crippen LogP contribution in [0.1, 0.15) is 46.3 Å². The number of nitrogens with zero attached hydrogens (tertiary/aromatic N) is 6. The van der Waals surface area contributed by atoms with Gasteiger partial charge in [-0.3, -0.25) is 24.2 Å². The number of hydrogen-bond acceptors (Lipinski definition) is 7. The maximum atomic E-state index is 13.6. The van der Waals surface area contributed by atoms with Gasteiger partial charge in [0.1, 0.15) is 23.7 Å². The van der Waals surface area contributed by atoms with Crippen LogP contribution in [-0.4, -0.2) is 86.7 Å². The number of carbonyl (C=O) groups is 1. The van der Waals surface area contributed by atoms with Crippen LogP contribution in [0.5, 0.6) is 5.75 Å². The fourth-order valence-electron chi connectivity index (χ4n) is 5.98. The van der Waals surface area contributed by atoms with Crippen LogP contribution in [0.2, 0.25) is 0 Å². The lowest BCUT2D eigenvalue weighted by atomic mass is 9.92. The van der Waals surface area contributed by atoms with Crippen LogP contribution in [-0.2, 0) is 0 Å². The number of H-pyrrole nitrogens is 1. The second-order valence-corrected chi connectivity index (χ2v) is 11.5. The zero-order valence-electron chi connectivity index (χ0n) is 24.1. The van der Waals surface area contributed by atoms with Gasteiger partial charge in [0.2, 0.25) is 0 Å². The van der Waals surface area contributed by atoms with Gasteiger partial charge in [0, 0.05) is 67.7 Å². The zero-order valence-corrected chi connectivity index (χ0v) is 24.1. The number of ether oxygens (including phenoxy) is 1. The third kappa shape index (κ3) is 5.35. The number of rotatable bonds is 9. The summed E-state index contributed by atoms with van der Waals surface area (Å²) in [6, 6.07) is 15.8. The van der Waals surface area contributed by atoms with Crippen LogP contribution in [0.15, 0.2) is 60.9 Å². The summed E-state index contributed by atoms with van der Waals surface area (Å²) in [5.74, 6) is 1.11. The molecule has 216 valence electrons. The molecule has 0 radical (unpaired) electrons. The summed E-state index contributed by atoms with van der Waals surface area (Å²) in [4.78, 5) is 27.7. The van der Waals surface area contributed by atoms with E-state index < -0.39 is 0 Å². The van der Waals surface area contributed by atoms with E-state index in [9.17, 15) is 4.79 Å². The molecule has 1 saturated carbocycles. The van der Waals surface area contributed by atoms with Gasteiger partial charge < -0.3 is 15.0 Å². The predicted octanol–water partition coefficient (Wildman–Crippen LogP) is 4.33. The number of piperazine rings is 1. The van der Waals surface area contributed by atoms with Gasteiger partial charge >= 0.3 is 0 Å². The minimum absolute atomic E-state index is 0.0958. The normalized spacial score (nSPS) is 17.1. The van der Waals surface area contributed by atoms with E-state index >= 15 is 0 Å². The standard InChI is InChI=1S/C32H36N8O2/c1-21-5-3-6-24(34-21)29(22-9-10-22)31-30-25(7-4-8-26(30)36-37-31)35-32(41)27-20-33-28-19-23(11-12-40(27)28)42-18-17-39-15-13-38(2)14-16-39/h3-8,11-12,19-20,22,29H,9-10,13-18H2,1-2H3,(H,35,41)(H,36,37). The highest BCUT2D eigenvalue weighted by Crippen LogP contribution is 2.47. The molecule has 10 nitrogen and oxygen atoms in total. The monoisotopic (exact) mass is 564 g/mol. The smallest absolute Gasteiger partial charge is 0.274 e. The SMILES string of the molecule is Cc1cccc(C(c2[nH]nc3cccc(NC(=O)c4cnc5cc(OCCN6CCN(C)CC6)ccn45)c23)C2CC2)n1. The molecule has 2 fully saturated rings. The molecule has 4 aromatic heterocycles. The fourth-order valence-corrected chi connectivity index (χ4v) is 5.98. The van der Waals surface area contributed by atoms with Crippen LogP contribution in [0.25, 0.3) is 16.6 Å². The number of imidazole rings is 1. The maximum Gasteiger partial charge on any atom is 0.274 e. The number of carbonyl (C=O) groups excluding carboxylic acids is 1. The Morgan fingerprint density at radius 3 is 2.76 bits per heavy atom. The number of hydrogen-bond donors (Lipinski definition) is 2. The molecule has 1 aliphatic carbocycles. The molecule has 10 heteroatoms. The van der Waals surface area contributed by atoms with E-state index in [1.165, 1.54) is 0 Å². The van der Waals surface area contributed by atoms with Crippen LogP contribution in [0.3, 0.4) is 0 Å². The number of aromatic amines is 1. The van der Waals surface area contributed by atoms with Crippen molar-refractivity contribution in [2.75, 3.05) is 51.7 Å². The lowest BCUT2D eigenvalue weighted by molar-refractivity contribution is 0.102. The van der Waals surface area contributed by atoms with Crippen molar-refractivity contribution < 1.29 is 9.53 Å². The van der Waals surface area contributed by atoms with Gasteiger partial charge in [-0.05, 0) is 63.1 Å². The number of benzene rings is 1. The van der Waals surface area contributed by atoms with Crippen molar-refractivity contribution in [1.29, 1.82) is 0 Å². The van der Waals surface area contributed by atoms with E-state index in [1.807, 2.05) is 49.5 Å². The van der Waals surface area contributed by atoms with Gasteiger partial charge in [0.25, 0.3) is 5.91 Å². The molecule has 1 aromatic carbocycles. The molecule has 1 saturated heterocycles. The van der Waals surface area contributed by atoms with E-state index in [0.29, 0.717) is 23.9 Å². The van der Waals surface area contributed by atoms with E-state index in [2.05, 4.69) is 49.5 Å². The highest BCUT2D eigenvalue weighted by molar-refractivity contribution is 6.08. The molecule has 2 N–H and O–H groups in total. The van der Waals surface area contributed by atoms with Gasteiger partial charge in [-0.1, -0.05) is 12.1 Å². The third-order valence-electron chi connectivity index (χ3n) is 8.48. The molecule has 5 heterocycles. The predicted molar refractivity (Wildman–Crippen MR) is 162 cm³/mol. The molecular weight excluding hydrogens is 528 g/mol. The minimum atomic E-state index is -0.234. The summed E-state index contributed by atoms with van der Waals surface area (Å²) in [5, 5.41) is 12.0.